The van der Waals surface area contributed by atoms with Gasteiger partial charge in [0.25, 0.3) is 0 Å². The summed E-state index contributed by atoms with van der Waals surface area (Å²) in [5.41, 5.74) is 3.39. The van der Waals surface area contributed by atoms with E-state index in [1.54, 1.807) is 18.9 Å². The quantitative estimate of drug-likeness (QED) is 0.822. The van der Waals surface area contributed by atoms with Crippen molar-refractivity contribution in [2.75, 3.05) is 12.9 Å². The summed E-state index contributed by atoms with van der Waals surface area (Å²) in [6.07, 6.45) is 8.46. The van der Waals surface area contributed by atoms with Gasteiger partial charge < -0.3 is 9.64 Å². The zero-order valence-corrected chi connectivity index (χ0v) is 15.2. The van der Waals surface area contributed by atoms with E-state index < -0.39 is 0 Å². The molecule has 1 aromatic heterocycles. The van der Waals surface area contributed by atoms with Gasteiger partial charge in [0, 0.05) is 24.0 Å². The summed E-state index contributed by atoms with van der Waals surface area (Å²) in [4.78, 5) is 19.0. The third-order valence-corrected chi connectivity index (χ3v) is 6.36. The van der Waals surface area contributed by atoms with Gasteiger partial charge in [-0.1, -0.05) is 25.0 Å². The Balaban J connectivity index is 1.71. The molecular weight excluding hydrogens is 332 g/mol. The van der Waals surface area contributed by atoms with Gasteiger partial charge in [0.05, 0.1) is 12.9 Å². The molecule has 1 aliphatic carbocycles. The molecule has 0 radical (unpaired) electrons. The number of aromatic nitrogens is 1. The first-order valence-electron chi connectivity index (χ1n) is 8.79. The fourth-order valence-electron chi connectivity index (χ4n) is 3.89. The van der Waals surface area contributed by atoms with Gasteiger partial charge in [-0.05, 0) is 42.2 Å². The van der Waals surface area contributed by atoms with Crippen molar-refractivity contribution in [3.63, 3.8) is 0 Å². The zero-order chi connectivity index (χ0) is 17.2. The summed E-state index contributed by atoms with van der Waals surface area (Å²) in [5.74, 6) is 1.69. The number of methoxy groups -OCH3 is 1. The van der Waals surface area contributed by atoms with Crippen molar-refractivity contribution in [1.29, 1.82) is 0 Å². The molecule has 0 bridgehead atoms. The molecule has 1 atom stereocenters. The molecule has 4 rings (SSSR count). The van der Waals surface area contributed by atoms with E-state index in [0.717, 1.165) is 29.7 Å². The minimum absolute atomic E-state index is 0.0932. The topological polar surface area (TPSA) is 42.4 Å². The highest BCUT2D eigenvalue weighted by molar-refractivity contribution is 8.00. The number of nitrogens with zero attached hydrogens (tertiary/aromatic N) is 2. The van der Waals surface area contributed by atoms with E-state index in [9.17, 15) is 4.79 Å². The van der Waals surface area contributed by atoms with Crippen molar-refractivity contribution in [1.82, 2.24) is 9.88 Å². The molecular formula is C20H22N2O2S. The first kappa shape index (κ1) is 16.5. The molecule has 2 heterocycles. The van der Waals surface area contributed by atoms with E-state index in [-0.39, 0.29) is 11.3 Å². The number of hydrogen-bond acceptors (Lipinski definition) is 4. The highest BCUT2D eigenvalue weighted by atomic mass is 32.2. The van der Waals surface area contributed by atoms with Crippen molar-refractivity contribution in [3.05, 3.63) is 48.3 Å². The standard InChI is InChI=1S/C20H22N2O2S/c1-24-16-8-6-14(7-9-16)18-12-21-11-10-17(18)20-22(19(23)13-25-20)15-4-2-3-5-15/h6-12,15,20H,2-5,13H2,1H3. The Kier molecular flexibility index (Phi) is 4.66. The predicted molar refractivity (Wildman–Crippen MR) is 101 cm³/mol. The van der Waals surface area contributed by atoms with Crippen LogP contribution in [0, 0.1) is 0 Å². The number of hydrogen-bond donors (Lipinski definition) is 0. The van der Waals surface area contributed by atoms with Gasteiger partial charge in [-0.25, -0.2) is 0 Å². The number of benzene rings is 1. The molecule has 1 saturated heterocycles. The van der Waals surface area contributed by atoms with Crippen LogP contribution in [0.4, 0.5) is 0 Å². The number of rotatable bonds is 4. The SMILES string of the molecule is COc1ccc(-c2cnccc2C2SCC(=O)N2C2CCCC2)cc1. The van der Waals surface area contributed by atoms with Gasteiger partial charge in [0.2, 0.25) is 5.91 Å². The molecule has 130 valence electrons. The second-order valence-electron chi connectivity index (χ2n) is 6.59. The average Bonchev–Trinajstić information content (AvgIpc) is 3.31. The number of ether oxygens (including phenoxy) is 1. The normalized spacial score (nSPS) is 21.1. The Labute approximate surface area is 152 Å². The van der Waals surface area contributed by atoms with Crippen LogP contribution in [-0.4, -0.2) is 34.7 Å². The molecule has 25 heavy (non-hydrogen) atoms. The monoisotopic (exact) mass is 354 g/mol. The van der Waals surface area contributed by atoms with Crippen LogP contribution in [-0.2, 0) is 4.79 Å². The largest absolute Gasteiger partial charge is 0.497 e. The lowest BCUT2D eigenvalue weighted by Gasteiger charge is -2.31. The van der Waals surface area contributed by atoms with E-state index in [0.29, 0.717) is 11.8 Å². The van der Waals surface area contributed by atoms with E-state index in [4.69, 9.17) is 4.74 Å². The summed E-state index contributed by atoms with van der Waals surface area (Å²) < 4.78 is 5.26. The number of amides is 1. The van der Waals surface area contributed by atoms with Crippen LogP contribution in [0.25, 0.3) is 11.1 Å². The van der Waals surface area contributed by atoms with Gasteiger partial charge in [0.15, 0.2) is 0 Å². The Hall–Kier alpha value is -2.01. The first-order valence-corrected chi connectivity index (χ1v) is 9.84. The minimum Gasteiger partial charge on any atom is -0.497 e. The van der Waals surface area contributed by atoms with Crippen LogP contribution >= 0.6 is 11.8 Å². The number of thioether (sulfide) groups is 1. The second-order valence-corrected chi connectivity index (χ2v) is 7.66. The van der Waals surface area contributed by atoms with E-state index in [2.05, 4.69) is 28.1 Å². The third kappa shape index (κ3) is 3.13. The lowest BCUT2D eigenvalue weighted by Crippen LogP contribution is -2.36. The van der Waals surface area contributed by atoms with Crippen molar-refractivity contribution >= 4 is 17.7 Å². The van der Waals surface area contributed by atoms with Crippen molar-refractivity contribution < 1.29 is 9.53 Å². The van der Waals surface area contributed by atoms with Crippen LogP contribution in [0.5, 0.6) is 5.75 Å². The van der Waals surface area contributed by atoms with E-state index >= 15 is 0 Å². The maximum Gasteiger partial charge on any atom is 0.234 e. The van der Waals surface area contributed by atoms with Gasteiger partial charge in [0.1, 0.15) is 11.1 Å². The molecule has 0 N–H and O–H groups in total. The van der Waals surface area contributed by atoms with Gasteiger partial charge in [-0.15, -0.1) is 11.8 Å². The third-order valence-electron chi connectivity index (χ3n) is 5.15. The van der Waals surface area contributed by atoms with Crippen LogP contribution in [0.1, 0.15) is 36.6 Å². The van der Waals surface area contributed by atoms with Crippen LogP contribution in [0.3, 0.4) is 0 Å². The van der Waals surface area contributed by atoms with Crippen molar-refractivity contribution in [2.45, 2.75) is 37.1 Å². The Morgan fingerprint density at radius 3 is 2.64 bits per heavy atom. The molecule has 1 aromatic carbocycles. The van der Waals surface area contributed by atoms with E-state index in [1.165, 1.54) is 18.4 Å². The summed E-state index contributed by atoms with van der Waals surface area (Å²) in [6, 6.07) is 10.5. The summed E-state index contributed by atoms with van der Waals surface area (Å²) >= 11 is 1.74. The minimum atomic E-state index is 0.0932. The molecule has 1 aliphatic heterocycles. The maximum atomic E-state index is 12.5. The molecule has 4 nitrogen and oxygen atoms in total. The Bertz CT molecular complexity index is 757. The lowest BCUT2D eigenvalue weighted by atomic mass is 10.0. The Morgan fingerprint density at radius 2 is 1.92 bits per heavy atom. The highest BCUT2D eigenvalue weighted by Crippen LogP contribution is 2.45. The first-order chi connectivity index (χ1) is 12.3. The maximum absolute atomic E-state index is 12.5. The molecule has 1 saturated carbocycles. The smallest absolute Gasteiger partial charge is 0.234 e. The molecule has 5 heteroatoms. The fourth-order valence-corrected chi connectivity index (χ4v) is 5.17. The highest BCUT2D eigenvalue weighted by Gasteiger charge is 2.39. The van der Waals surface area contributed by atoms with Gasteiger partial charge >= 0.3 is 0 Å². The summed E-state index contributed by atoms with van der Waals surface area (Å²) in [5, 5.41) is 0.0932. The summed E-state index contributed by atoms with van der Waals surface area (Å²) in [6.45, 7) is 0. The second kappa shape index (κ2) is 7.08. The van der Waals surface area contributed by atoms with E-state index in [1.807, 2.05) is 24.5 Å². The number of carbonyl (C=O) groups excluding carboxylic acids is 1. The molecule has 1 amide bonds. The molecule has 1 unspecified atom stereocenters. The molecule has 0 spiro atoms. The molecule has 2 aromatic rings. The van der Waals surface area contributed by atoms with Crippen molar-refractivity contribution in [2.24, 2.45) is 0 Å². The zero-order valence-electron chi connectivity index (χ0n) is 14.4. The van der Waals surface area contributed by atoms with Gasteiger partial charge in [-0.2, -0.15) is 0 Å². The number of pyridine rings is 1. The van der Waals surface area contributed by atoms with Crippen molar-refractivity contribution in [3.8, 4) is 16.9 Å². The molecule has 2 aliphatic rings. The Morgan fingerprint density at radius 1 is 1.16 bits per heavy atom. The summed E-state index contributed by atoms with van der Waals surface area (Å²) in [7, 11) is 1.67. The average molecular weight is 354 g/mol. The van der Waals surface area contributed by atoms with Crippen LogP contribution in [0.15, 0.2) is 42.7 Å². The van der Waals surface area contributed by atoms with Crippen LogP contribution in [0.2, 0.25) is 0 Å². The van der Waals surface area contributed by atoms with Crippen LogP contribution < -0.4 is 4.74 Å². The van der Waals surface area contributed by atoms with Gasteiger partial charge in [-0.3, -0.25) is 9.78 Å². The number of carbonyl (C=O) groups is 1. The lowest BCUT2D eigenvalue weighted by molar-refractivity contribution is -0.130. The fraction of sp³-hybridized carbons (Fsp3) is 0.400. The predicted octanol–water partition coefficient (Wildman–Crippen LogP) is 4.27. The molecule has 2 fully saturated rings.